The molecule has 1 N–H and O–H groups in total. The maximum Gasteiger partial charge on any atom is 0.410 e. The van der Waals surface area contributed by atoms with Gasteiger partial charge < -0.3 is 14.6 Å². The number of carbonyl (C=O) groups is 2. The first-order valence-electron chi connectivity index (χ1n) is 9.67. The van der Waals surface area contributed by atoms with Crippen LogP contribution in [0.25, 0.3) is 0 Å². The lowest BCUT2D eigenvalue weighted by atomic mass is 9.97. The third-order valence-corrected chi connectivity index (χ3v) is 6.14. The van der Waals surface area contributed by atoms with Crippen molar-refractivity contribution in [1.29, 1.82) is 0 Å². The lowest BCUT2D eigenvalue weighted by Gasteiger charge is -2.35. The van der Waals surface area contributed by atoms with E-state index in [1.165, 1.54) is 22.3 Å². The highest BCUT2D eigenvalue weighted by molar-refractivity contribution is 7.09. The van der Waals surface area contributed by atoms with Crippen molar-refractivity contribution < 1.29 is 28.6 Å². The molecule has 0 spiro atoms. The van der Waals surface area contributed by atoms with E-state index in [0.29, 0.717) is 23.6 Å². The van der Waals surface area contributed by atoms with E-state index in [4.69, 9.17) is 26.2 Å². The number of aliphatic carboxylic acids is 1. The summed E-state index contributed by atoms with van der Waals surface area (Å²) in [6, 6.07) is 10.2. The fourth-order valence-corrected chi connectivity index (χ4v) is 4.68. The predicted molar refractivity (Wildman–Crippen MR) is 116 cm³/mol. The molecule has 32 heavy (non-hydrogen) atoms. The molecule has 1 aliphatic heterocycles. The molecule has 2 aromatic carbocycles. The molecule has 0 saturated carbocycles. The quantitative estimate of drug-likeness (QED) is 0.555. The highest BCUT2D eigenvalue weighted by Gasteiger charge is 2.37. The Morgan fingerprint density at radius 1 is 1.28 bits per heavy atom. The maximum absolute atomic E-state index is 13.9. The number of fused-ring (bicyclic) bond motifs is 1. The number of carboxylic acid groups (broad SMARTS) is 1. The van der Waals surface area contributed by atoms with Gasteiger partial charge in [-0.15, -0.1) is 11.3 Å². The van der Waals surface area contributed by atoms with Gasteiger partial charge in [0, 0.05) is 29.1 Å². The Morgan fingerprint density at radius 2 is 2.09 bits per heavy atom. The summed E-state index contributed by atoms with van der Waals surface area (Å²) in [5.41, 5.74) is 3.31. The molecular weight excluding hydrogens is 459 g/mol. The second-order valence-corrected chi connectivity index (χ2v) is 8.34. The maximum atomic E-state index is 13.9. The molecule has 7 nitrogen and oxygen atoms in total. The molecule has 0 fully saturated rings. The molecule has 10 heteroatoms. The largest absolute Gasteiger partial charge is 0.482 e. The first kappa shape index (κ1) is 22.0. The van der Waals surface area contributed by atoms with Crippen molar-refractivity contribution in [3.63, 3.8) is 0 Å². The number of halogens is 2. The van der Waals surface area contributed by atoms with Crippen LogP contribution in [0, 0.1) is 5.82 Å². The van der Waals surface area contributed by atoms with Gasteiger partial charge in [-0.2, -0.15) is 0 Å². The van der Waals surface area contributed by atoms with E-state index in [1.54, 1.807) is 41.9 Å². The average molecular weight is 477 g/mol. The minimum atomic E-state index is -1.13. The van der Waals surface area contributed by atoms with Crippen LogP contribution in [-0.2, 0) is 22.6 Å². The first-order valence-corrected chi connectivity index (χ1v) is 10.9. The summed E-state index contributed by atoms with van der Waals surface area (Å²) in [6.45, 7) is -0.459. The zero-order chi connectivity index (χ0) is 22.7. The van der Waals surface area contributed by atoms with Crippen LogP contribution in [0.15, 0.2) is 48.0 Å². The molecule has 166 valence electrons. The summed E-state index contributed by atoms with van der Waals surface area (Å²) in [7, 11) is 0. The van der Waals surface area contributed by atoms with Crippen molar-refractivity contribution in [3.8, 4) is 5.75 Å². The number of benzene rings is 2. The van der Waals surface area contributed by atoms with E-state index in [1.807, 2.05) is 0 Å². The lowest BCUT2D eigenvalue weighted by Crippen LogP contribution is -2.40. The van der Waals surface area contributed by atoms with E-state index >= 15 is 0 Å². The number of carboxylic acids is 1. The number of aromatic nitrogens is 1. The van der Waals surface area contributed by atoms with E-state index in [0.717, 1.165) is 10.6 Å². The molecule has 2 heterocycles. The summed E-state index contributed by atoms with van der Waals surface area (Å²) in [5, 5.41) is 9.42. The van der Waals surface area contributed by atoms with E-state index in [-0.39, 0.29) is 17.9 Å². The van der Waals surface area contributed by atoms with Crippen molar-refractivity contribution in [2.24, 2.45) is 0 Å². The molecular formula is C22H18ClFN2O5S. The van der Waals surface area contributed by atoms with Crippen LogP contribution in [-0.4, -0.2) is 40.2 Å². The number of ether oxygens (including phenoxy) is 2. The van der Waals surface area contributed by atoms with Gasteiger partial charge in [-0.05, 0) is 24.3 Å². The number of rotatable bonds is 6. The second kappa shape index (κ2) is 9.54. The van der Waals surface area contributed by atoms with Gasteiger partial charge in [0.25, 0.3) is 0 Å². The van der Waals surface area contributed by atoms with Crippen molar-refractivity contribution in [2.75, 3.05) is 13.2 Å². The zero-order valence-corrected chi connectivity index (χ0v) is 18.2. The molecule has 1 aliphatic rings. The zero-order valence-electron chi connectivity index (χ0n) is 16.7. The summed E-state index contributed by atoms with van der Waals surface area (Å²) in [5.74, 6) is -1.30. The normalized spacial score (nSPS) is 15.2. The lowest BCUT2D eigenvalue weighted by molar-refractivity contribution is -0.139. The Hall–Kier alpha value is -3.17. The van der Waals surface area contributed by atoms with E-state index in [9.17, 15) is 14.0 Å². The predicted octanol–water partition coefficient (Wildman–Crippen LogP) is 4.68. The molecule has 1 aromatic heterocycles. The molecule has 3 aromatic rings. The third kappa shape index (κ3) is 4.68. The van der Waals surface area contributed by atoms with Crippen LogP contribution >= 0.6 is 22.9 Å². The molecule has 0 bridgehead atoms. The van der Waals surface area contributed by atoms with Crippen LogP contribution in [0.2, 0.25) is 5.02 Å². The minimum Gasteiger partial charge on any atom is -0.482 e. The van der Waals surface area contributed by atoms with Gasteiger partial charge in [-0.3, -0.25) is 4.90 Å². The van der Waals surface area contributed by atoms with Gasteiger partial charge in [0.2, 0.25) is 0 Å². The molecule has 0 radical (unpaired) electrons. The summed E-state index contributed by atoms with van der Waals surface area (Å²) in [4.78, 5) is 30.8. The Balaban J connectivity index is 1.66. The van der Waals surface area contributed by atoms with E-state index < -0.39 is 30.5 Å². The number of hydrogen-bond acceptors (Lipinski definition) is 6. The number of nitrogens with zero attached hydrogens (tertiary/aromatic N) is 2. The van der Waals surface area contributed by atoms with Gasteiger partial charge >= 0.3 is 12.1 Å². The van der Waals surface area contributed by atoms with Gasteiger partial charge in [-0.1, -0.05) is 29.8 Å². The fraction of sp³-hybridized carbons (Fsp3) is 0.227. The topological polar surface area (TPSA) is 89.0 Å². The molecule has 1 amide bonds. The number of thiazole rings is 1. The molecule has 0 saturated heterocycles. The first-order chi connectivity index (χ1) is 15.4. The highest BCUT2D eigenvalue weighted by Crippen LogP contribution is 2.42. The van der Waals surface area contributed by atoms with Gasteiger partial charge in [0.15, 0.2) is 6.61 Å². The van der Waals surface area contributed by atoms with Crippen LogP contribution in [0.5, 0.6) is 5.75 Å². The standard InChI is InChI=1S/C22H18ClFN2O5S/c23-14-5-6-18(30-11-19(27)28)15(9-14)20-21-17(25-12-32-21)7-8-26(20)22(29)31-10-13-3-1-2-4-16(13)24/h1-6,9,12,20H,7-8,10-11H2,(H,27,28)/t20-/m1/s1. The van der Waals surface area contributed by atoms with Crippen LogP contribution in [0.1, 0.15) is 27.7 Å². The molecule has 1 atom stereocenters. The smallest absolute Gasteiger partial charge is 0.410 e. The van der Waals surface area contributed by atoms with Gasteiger partial charge in [0.1, 0.15) is 24.2 Å². The summed E-state index contributed by atoms with van der Waals surface area (Å²) >= 11 is 7.60. The van der Waals surface area contributed by atoms with Crippen molar-refractivity contribution >= 4 is 35.0 Å². The van der Waals surface area contributed by atoms with Gasteiger partial charge in [-0.25, -0.2) is 19.0 Å². The number of carbonyl (C=O) groups excluding carboxylic acids is 1. The van der Waals surface area contributed by atoms with Crippen LogP contribution in [0.4, 0.5) is 9.18 Å². The SMILES string of the molecule is O=C(O)COc1ccc(Cl)cc1[C@@H]1c2scnc2CCN1C(=O)OCc1ccccc1F. The van der Waals surface area contributed by atoms with Crippen molar-refractivity contribution in [3.05, 3.63) is 80.5 Å². The molecule has 0 unspecified atom stereocenters. The monoisotopic (exact) mass is 476 g/mol. The number of amides is 1. The summed E-state index contributed by atoms with van der Waals surface area (Å²) < 4.78 is 24.8. The van der Waals surface area contributed by atoms with Crippen molar-refractivity contribution in [2.45, 2.75) is 19.1 Å². The summed E-state index contributed by atoms with van der Waals surface area (Å²) in [6.07, 6.45) is -0.114. The van der Waals surface area contributed by atoms with Crippen LogP contribution in [0.3, 0.4) is 0 Å². The minimum absolute atomic E-state index is 0.220. The van der Waals surface area contributed by atoms with Gasteiger partial charge in [0.05, 0.1) is 16.1 Å². The molecule has 0 aliphatic carbocycles. The highest BCUT2D eigenvalue weighted by atomic mass is 35.5. The average Bonchev–Trinajstić information content (AvgIpc) is 3.25. The van der Waals surface area contributed by atoms with Crippen molar-refractivity contribution in [1.82, 2.24) is 9.88 Å². The Bertz CT molecular complexity index is 1150. The Labute approximate surface area is 192 Å². The third-order valence-electron chi connectivity index (χ3n) is 4.98. The Morgan fingerprint density at radius 3 is 2.88 bits per heavy atom. The fourth-order valence-electron chi connectivity index (χ4n) is 3.53. The molecule has 4 rings (SSSR count). The number of hydrogen-bond donors (Lipinski definition) is 1. The Kier molecular flexibility index (Phi) is 6.57. The van der Waals surface area contributed by atoms with E-state index in [2.05, 4.69) is 4.98 Å². The second-order valence-electron chi connectivity index (χ2n) is 7.02. The van der Waals surface area contributed by atoms with Crippen LogP contribution < -0.4 is 4.74 Å².